The highest BCUT2D eigenvalue weighted by Gasteiger charge is 2.32. The molecule has 0 aliphatic carbocycles. The minimum Gasteiger partial charge on any atom is -0.480 e. The number of nitrogens with two attached hydrogens (primary N) is 2. The van der Waals surface area contributed by atoms with E-state index in [4.69, 9.17) is 11.5 Å². The molecule has 0 radical (unpaired) electrons. The predicted molar refractivity (Wildman–Crippen MR) is 121 cm³/mol. The highest BCUT2D eigenvalue weighted by molar-refractivity contribution is 5.96. The van der Waals surface area contributed by atoms with E-state index < -0.39 is 48.2 Å². The van der Waals surface area contributed by atoms with Crippen LogP contribution in [0.4, 0.5) is 0 Å². The normalized spacial score (nSPS) is 18.2. The molecule has 0 aromatic carbocycles. The summed E-state index contributed by atoms with van der Waals surface area (Å²) in [5, 5.41) is 20.0. The summed E-state index contributed by atoms with van der Waals surface area (Å²) >= 11 is 0. The largest absolute Gasteiger partial charge is 0.480 e. The lowest BCUT2D eigenvalue weighted by Crippen LogP contribution is -2.57. The van der Waals surface area contributed by atoms with Crippen LogP contribution in [0.15, 0.2) is 0 Å². The molecule has 9 N–H and O–H groups in total. The lowest BCUT2D eigenvalue weighted by Gasteiger charge is -2.25. The number of primary amides is 1. The van der Waals surface area contributed by atoms with Gasteiger partial charge in [0.1, 0.15) is 18.1 Å². The maximum atomic E-state index is 12.9. The first-order valence-electron chi connectivity index (χ1n) is 11.4. The fraction of sp³-hybridized carbons (Fsp3) is 0.762. The van der Waals surface area contributed by atoms with Crippen LogP contribution in [0.5, 0.6) is 0 Å². The fourth-order valence-corrected chi connectivity index (χ4v) is 3.59. The number of amides is 4. The Morgan fingerprint density at radius 3 is 2.15 bits per heavy atom. The Labute approximate surface area is 194 Å². The Morgan fingerprint density at radius 2 is 1.64 bits per heavy atom. The van der Waals surface area contributed by atoms with Crippen molar-refractivity contribution in [1.29, 1.82) is 0 Å². The summed E-state index contributed by atoms with van der Waals surface area (Å²) in [5.41, 5.74) is 10.7. The van der Waals surface area contributed by atoms with Gasteiger partial charge in [-0.25, -0.2) is 4.79 Å². The zero-order valence-corrected chi connectivity index (χ0v) is 19.4. The molecule has 33 heavy (non-hydrogen) atoms. The van der Waals surface area contributed by atoms with Gasteiger partial charge in [0.25, 0.3) is 0 Å². The maximum absolute atomic E-state index is 12.9. The highest BCUT2D eigenvalue weighted by atomic mass is 16.4. The second-order valence-electron chi connectivity index (χ2n) is 8.76. The second kappa shape index (κ2) is 14.4. The summed E-state index contributed by atoms with van der Waals surface area (Å²) in [5.74, 6) is -3.82. The summed E-state index contributed by atoms with van der Waals surface area (Å²) in [6.45, 7) is 4.87. The van der Waals surface area contributed by atoms with Gasteiger partial charge in [-0.3, -0.25) is 19.2 Å². The van der Waals surface area contributed by atoms with Gasteiger partial charge >= 0.3 is 5.97 Å². The van der Waals surface area contributed by atoms with E-state index in [0.717, 1.165) is 13.0 Å². The molecule has 188 valence electrons. The number of aliphatic carboxylic acids is 1. The quantitative estimate of drug-likeness (QED) is 0.137. The molecule has 1 saturated heterocycles. The first-order valence-corrected chi connectivity index (χ1v) is 11.4. The number of carbonyl (C=O) groups excluding carboxylic acids is 4. The van der Waals surface area contributed by atoms with Gasteiger partial charge in [0, 0.05) is 0 Å². The molecule has 1 aliphatic heterocycles. The number of carboxylic acids is 1. The molecule has 0 aromatic heterocycles. The van der Waals surface area contributed by atoms with Gasteiger partial charge < -0.3 is 37.8 Å². The Kier molecular flexibility index (Phi) is 12.4. The van der Waals surface area contributed by atoms with E-state index in [0.29, 0.717) is 32.2 Å². The number of carbonyl (C=O) groups is 5. The standard InChI is InChI=1S/C21H38N6O6/c1-12(2)10-15(26-18(29)13-7-5-9-24-13)19(30)27-16(11-17(23)28)20(31)25-14(21(32)33)6-3-4-8-22/h12-16,24H,3-11,22H2,1-2H3,(H2,23,28)(H,25,31)(H,26,29)(H,27,30)(H,32,33). The Hall–Kier alpha value is -2.73. The number of hydrogen-bond donors (Lipinski definition) is 7. The minimum atomic E-state index is -1.37. The van der Waals surface area contributed by atoms with E-state index >= 15 is 0 Å². The molecule has 1 rings (SSSR count). The molecule has 4 atom stereocenters. The van der Waals surface area contributed by atoms with Crippen LogP contribution in [0, 0.1) is 5.92 Å². The lowest BCUT2D eigenvalue weighted by atomic mass is 10.0. The smallest absolute Gasteiger partial charge is 0.326 e. The number of nitrogens with one attached hydrogen (secondary N) is 4. The third-order valence-electron chi connectivity index (χ3n) is 5.32. The van der Waals surface area contributed by atoms with Crippen molar-refractivity contribution < 1.29 is 29.1 Å². The Morgan fingerprint density at radius 1 is 1.00 bits per heavy atom. The van der Waals surface area contributed by atoms with Gasteiger partial charge in [0.05, 0.1) is 12.5 Å². The van der Waals surface area contributed by atoms with Crippen LogP contribution < -0.4 is 32.7 Å². The zero-order chi connectivity index (χ0) is 25.0. The molecular formula is C21H38N6O6. The van der Waals surface area contributed by atoms with Gasteiger partial charge in [0.15, 0.2) is 0 Å². The summed E-state index contributed by atoms with van der Waals surface area (Å²) in [4.78, 5) is 61.2. The van der Waals surface area contributed by atoms with Crippen molar-refractivity contribution in [3.8, 4) is 0 Å². The molecule has 0 bridgehead atoms. The minimum absolute atomic E-state index is 0.0555. The molecule has 0 saturated carbocycles. The molecular weight excluding hydrogens is 432 g/mol. The van der Waals surface area contributed by atoms with Crippen molar-refractivity contribution in [2.24, 2.45) is 17.4 Å². The average molecular weight is 471 g/mol. The van der Waals surface area contributed by atoms with Crippen molar-refractivity contribution >= 4 is 29.6 Å². The Bertz CT molecular complexity index is 695. The van der Waals surface area contributed by atoms with E-state index in [2.05, 4.69) is 21.3 Å². The summed E-state index contributed by atoms with van der Waals surface area (Å²) in [6, 6.07) is -3.89. The molecule has 4 unspecified atom stereocenters. The summed E-state index contributed by atoms with van der Waals surface area (Å²) in [7, 11) is 0. The van der Waals surface area contributed by atoms with Crippen LogP contribution >= 0.6 is 0 Å². The van der Waals surface area contributed by atoms with Gasteiger partial charge in [-0.15, -0.1) is 0 Å². The van der Waals surface area contributed by atoms with Crippen molar-refractivity contribution in [2.75, 3.05) is 13.1 Å². The number of hydrogen-bond acceptors (Lipinski definition) is 7. The van der Waals surface area contributed by atoms with Crippen LogP contribution in [0.25, 0.3) is 0 Å². The van der Waals surface area contributed by atoms with Crippen molar-refractivity contribution in [2.45, 2.75) is 83.0 Å². The van der Waals surface area contributed by atoms with Crippen LogP contribution in [0.3, 0.4) is 0 Å². The van der Waals surface area contributed by atoms with E-state index in [1.807, 2.05) is 13.8 Å². The van der Waals surface area contributed by atoms with Crippen molar-refractivity contribution in [3.05, 3.63) is 0 Å². The molecule has 1 fully saturated rings. The molecule has 0 aromatic rings. The van der Waals surface area contributed by atoms with Gasteiger partial charge in [-0.1, -0.05) is 13.8 Å². The molecule has 0 spiro atoms. The summed E-state index contributed by atoms with van der Waals surface area (Å²) < 4.78 is 0. The van der Waals surface area contributed by atoms with Crippen LogP contribution in [-0.2, 0) is 24.0 Å². The molecule has 12 heteroatoms. The SMILES string of the molecule is CC(C)CC(NC(=O)C1CCCN1)C(=O)NC(CC(N)=O)C(=O)NC(CCCCN)C(=O)O. The monoisotopic (exact) mass is 470 g/mol. The van der Waals surface area contributed by atoms with Gasteiger partial charge in [-0.2, -0.15) is 0 Å². The maximum Gasteiger partial charge on any atom is 0.326 e. The Balaban J connectivity index is 2.89. The third kappa shape index (κ3) is 10.6. The fourth-order valence-electron chi connectivity index (χ4n) is 3.59. The molecule has 1 aliphatic rings. The second-order valence-corrected chi connectivity index (χ2v) is 8.76. The number of unbranched alkanes of at least 4 members (excludes halogenated alkanes) is 1. The van der Waals surface area contributed by atoms with Crippen molar-refractivity contribution in [1.82, 2.24) is 21.3 Å². The van der Waals surface area contributed by atoms with E-state index in [-0.39, 0.29) is 24.3 Å². The molecule has 12 nitrogen and oxygen atoms in total. The predicted octanol–water partition coefficient (Wildman–Crippen LogP) is -1.67. The van der Waals surface area contributed by atoms with Crippen LogP contribution in [-0.4, -0.2) is 72.0 Å². The van der Waals surface area contributed by atoms with Gasteiger partial charge in [0.2, 0.25) is 23.6 Å². The van der Waals surface area contributed by atoms with Crippen LogP contribution in [0.2, 0.25) is 0 Å². The number of rotatable bonds is 15. The summed E-state index contributed by atoms with van der Waals surface area (Å²) in [6.07, 6.45) is 2.54. The van der Waals surface area contributed by atoms with E-state index in [1.54, 1.807) is 0 Å². The average Bonchev–Trinajstić information content (AvgIpc) is 3.26. The zero-order valence-electron chi connectivity index (χ0n) is 19.4. The van der Waals surface area contributed by atoms with E-state index in [9.17, 15) is 29.1 Å². The van der Waals surface area contributed by atoms with Crippen molar-refractivity contribution in [3.63, 3.8) is 0 Å². The lowest BCUT2D eigenvalue weighted by molar-refractivity contribution is -0.142. The first kappa shape index (κ1) is 28.3. The molecule has 1 heterocycles. The topological polar surface area (TPSA) is 206 Å². The van der Waals surface area contributed by atoms with Crippen LogP contribution in [0.1, 0.15) is 58.8 Å². The molecule has 4 amide bonds. The van der Waals surface area contributed by atoms with E-state index in [1.165, 1.54) is 0 Å². The highest BCUT2D eigenvalue weighted by Crippen LogP contribution is 2.10. The number of carboxylic acid groups (broad SMARTS) is 1. The third-order valence-corrected chi connectivity index (χ3v) is 5.32. The van der Waals surface area contributed by atoms with Gasteiger partial charge in [-0.05, 0) is 57.5 Å². The first-order chi connectivity index (χ1) is 15.5.